The van der Waals surface area contributed by atoms with Gasteiger partial charge in [0.15, 0.2) is 0 Å². The number of fused-ring (bicyclic) bond motifs is 11. The Labute approximate surface area is 288 Å². The molecule has 7 aromatic carbocycles. The van der Waals surface area contributed by atoms with Gasteiger partial charge >= 0.3 is 0 Å². The highest BCUT2D eigenvalue weighted by atomic mass is 32.1. The van der Waals surface area contributed by atoms with Crippen molar-refractivity contribution in [3.05, 3.63) is 146 Å². The van der Waals surface area contributed by atoms with E-state index in [1.807, 2.05) is 41.7 Å². The Hall–Kier alpha value is -6.50. The Morgan fingerprint density at radius 3 is 2.00 bits per heavy atom. The van der Waals surface area contributed by atoms with Gasteiger partial charge in [0, 0.05) is 42.6 Å². The summed E-state index contributed by atoms with van der Waals surface area (Å²) in [6, 6.07) is 51.7. The number of hydrogen-bond acceptors (Lipinski definition) is 4. The molecule has 5 nitrogen and oxygen atoms in total. The van der Waals surface area contributed by atoms with Crippen molar-refractivity contribution in [2.45, 2.75) is 0 Å². The van der Waals surface area contributed by atoms with Gasteiger partial charge in [0.1, 0.15) is 11.5 Å². The van der Waals surface area contributed by atoms with E-state index in [9.17, 15) is 0 Å². The second kappa shape index (κ2) is 9.56. The van der Waals surface area contributed by atoms with Gasteiger partial charge in [-0.1, -0.05) is 84.9 Å². The summed E-state index contributed by atoms with van der Waals surface area (Å²) in [5.74, 6) is 2.23. The molecule has 4 aromatic heterocycles. The summed E-state index contributed by atoms with van der Waals surface area (Å²) in [6.07, 6.45) is 0. The summed E-state index contributed by atoms with van der Waals surface area (Å²) < 4.78 is 13.6. The minimum atomic E-state index is 0.640. The molecule has 232 valence electrons. The van der Waals surface area contributed by atoms with Gasteiger partial charge in [0.05, 0.1) is 49.1 Å². The minimum absolute atomic E-state index is 0.640. The number of hydrogen-bond donors (Lipinski definition) is 0. The van der Waals surface area contributed by atoms with Gasteiger partial charge in [-0.2, -0.15) is 0 Å². The maximum Gasteiger partial charge on any atom is 0.235 e. The van der Waals surface area contributed by atoms with E-state index in [-0.39, 0.29) is 0 Å². The van der Waals surface area contributed by atoms with E-state index in [1.165, 1.54) is 52.9 Å². The van der Waals surface area contributed by atoms with Crippen LogP contribution in [-0.2, 0) is 0 Å². The fourth-order valence-electron chi connectivity index (χ4n) is 8.20. The third kappa shape index (κ3) is 3.40. The maximum absolute atomic E-state index is 6.31. The van der Waals surface area contributed by atoms with E-state index >= 15 is 0 Å². The van der Waals surface area contributed by atoms with E-state index < -0.39 is 0 Å². The van der Waals surface area contributed by atoms with Crippen molar-refractivity contribution in [2.24, 2.45) is 0 Å². The number of para-hydroxylation sites is 3. The number of rotatable bonds is 2. The van der Waals surface area contributed by atoms with Gasteiger partial charge in [0.25, 0.3) is 0 Å². The van der Waals surface area contributed by atoms with Crippen LogP contribution in [0.1, 0.15) is 0 Å². The number of thiophene rings is 1. The molecule has 0 bridgehead atoms. The second-order valence-electron chi connectivity index (χ2n) is 13.0. The number of ether oxygens (including phenoxy) is 1. The molecule has 0 spiro atoms. The fourth-order valence-corrected chi connectivity index (χ4v) is 9.41. The highest BCUT2D eigenvalue weighted by Crippen LogP contribution is 2.47. The van der Waals surface area contributed by atoms with E-state index in [1.54, 1.807) is 0 Å². The largest absolute Gasteiger partial charge is 0.456 e. The first-order valence-electron chi connectivity index (χ1n) is 16.8. The molecule has 12 rings (SSSR count). The summed E-state index contributed by atoms with van der Waals surface area (Å²) in [5.41, 5.74) is 8.37. The van der Waals surface area contributed by atoms with Crippen LogP contribution in [0.4, 0.5) is 0 Å². The molecule has 0 radical (unpaired) electrons. The van der Waals surface area contributed by atoms with E-state index in [0.717, 1.165) is 50.2 Å². The van der Waals surface area contributed by atoms with Crippen LogP contribution in [-0.4, -0.2) is 19.1 Å². The third-order valence-electron chi connectivity index (χ3n) is 10.3. The first kappa shape index (κ1) is 26.5. The van der Waals surface area contributed by atoms with Crippen LogP contribution in [0, 0.1) is 0 Å². The molecule has 0 fully saturated rings. The van der Waals surface area contributed by atoms with Crippen LogP contribution in [0.25, 0.3) is 97.6 Å². The fraction of sp³-hybridized carbons (Fsp3) is 0. The van der Waals surface area contributed by atoms with Crippen molar-refractivity contribution in [3.8, 4) is 34.4 Å². The van der Waals surface area contributed by atoms with Crippen molar-refractivity contribution in [1.82, 2.24) is 19.1 Å². The summed E-state index contributed by atoms with van der Waals surface area (Å²) >= 11 is 1.86. The zero-order chi connectivity index (χ0) is 32.5. The Morgan fingerprint density at radius 2 is 1.14 bits per heavy atom. The Balaban J connectivity index is 1.22. The molecule has 0 unspecified atom stereocenters. The van der Waals surface area contributed by atoms with Crippen LogP contribution in [0.5, 0.6) is 11.5 Å². The molecule has 50 heavy (non-hydrogen) atoms. The van der Waals surface area contributed by atoms with Crippen LogP contribution in [0.3, 0.4) is 0 Å². The first-order chi connectivity index (χ1) is 24.8. The highest BCUT2D eigenvalue weighted by molar-refractivity contribution is 7.26. The van der Waals surface area contributed by atoms with Crippen LogP contribution in [0.15, 0.2) is 146 Å². The molecule has 0 saturated carbocycles. The third-order valence-corrected chi connectivity index (χ3v) is 11.5. The maximum atomic E-state index is 6.31. The molecule has 6 heteroatoms. The quantitative estimate of drug-likeness (QED) is 0.186. The molecule has 11 aromatic rings. The van der Waals surface area contributed by atoms with Gasteiger partial charge in [-0.3, -0.25) is 4.57 Å². The lowest BCUT2D eigenvalue weighted by Crippen LogP contribution is -2.06. The number of aromatic nitrogens is 4. The van der Waals surface area contributed by atoms with E-state index in [0.29, 0.717) is 5.95 Å². The minimum Gasteiger partial charge on any atom is -0.456 e. The van der Waals surface area contributed by atoms with E-state index in [4.69, 9.17) is 14.7 Å². The van der Waals surface area contributed by atoms with Crippen LogP contribution >= 0.6 is 11.3 Å². The van der Waals surface area contributed by atoms with Crippen molar-refractivity contribution in [1.29, 1.82) is 0 Å². The predicted octanol–water partition coefficient (Wildman–Crippen LogP) is 12.0. The van der Waals surface area contributed by atoms with Crippen LogP contribution < -0.4 is 4.74 Å². The molecule has 0 saturated heterocycles. The Kier molecular flexibility index (Phi) is 5.06. The van der Waals surface area contributed by atoms with Gasteiger partial charge in [-0.15, -0.1) is 11.3 Å². The van der Waals surface area contributed by atoms with Crippen molar-refractivity contribution >= 4 is 86.0 Å². The summed E-state index contributed by atoms with van der Waals surface area (Å²) in [6.45, 7) is 0. The molecule has 1 aliphatic heterocycles. The zero-order valence-corrected chi connectivity index (χ0v) is 27.3. The van der Waals surface area contributed by atoms with Gasteiger partial charge in [-0.25, -0.2) is 9.97 Å². The van der Waals surface area contributed by atoms with Crippen LogP contribution in [0.2, 0.25) is 0 Å². The summed E-state index contributed by atoms with van der Waals surface area (Å²) in [7, 11) is 0. The second-order valence-corrected chi connectivity index (χ2v) is 14.0. The Morgan fingerprint density at radius 1 is 0.480 bits per heavy atom. The normalized spacial score (nSPS) is 12.6. The first-order valence-corrected chi connectivity index (χ1v) is 17.6. The smallest absolute Gasteiger partial charge is 0.235 e. The Bertz CT molecular complexity index is 3260. The molecule has 0 atom stereocenters. The SMILES string of the molecule is c1ccc2c(c1)Oc1cccc3nc(-n4c5ccccc5c5cc6c7ccccc7n(-c7cccc8c7sc7ccccc78)c6cc54)nc-2c13. The van der Waals surface area contributed by atoms with Crippen molar-refractivity contribution in [2.75, 3.05) is 0 Å². The number of nitrogens with zero attached hydrogens (tertiary/aromatic N) is 4. The van der Waals surface area contributed by atoms with E-state index in [2.05, 4.69) is 124 Å². The average molecular weight is 657 g/mol. The molecule has 0 amide bonds. The molecule has 5 heterocycles. The molecule has 0 aliphatic carbocycles. The van der Waals surface area contributed by atoms with Gasteiger partial charge in [-0.05, 0) is 60.7 Å². The summed E-state index contributed by atoms with van der Waals surface area (Å²) in [5, 5.41) is 8.31. The molecule has 1 aliphatic rings. The lowest BCUT2D eigenvalue weighted by molar-refractivity contribution is 0.486. The molecular formula is C44H24N4OS. The van der Waals surface area contributed by atoms with Crippen molar-refractivity contribution in [3.63, 3.8) is 0 Å². The van der Waals surface area contributed by atoms with Gasteiger partial charge < -0.3 is 9.30 Å². The topological polar surface area (TPSA) is 44.9 Å². The summed E-state index contributed by atoms with van der Waals surface area (Å²) in [4.78, 5) is 10.6. The predicted molar refractivity (Wildman–Crippen MR) is 207 cm³/mol. The molecular weight excluding hydrogens is 633 g/mol. The number of benzene rings is 7. The van der Waals surface area contributed by atoms with Crippen molar-refractivity contribution < 1.29 is 4.74 Å². The lowest BCUT2D eigenvalue weighted by Gasteiger charge is -2.21. The highest BCUT2D eigenvalue weighted by Gasteiger charge is 2.25. The lowest BCUT2D eigenvalue weighted by atomic mass is 10.0. The van der Waals surface area contributed by atoms with Gasteiger partial charge in [0.2, 0.25) is 5.95 Å². The molecule has 0 N–H and O–H groups in total. The zero-order valence-electron chi connectivity index (χ0n) is 26.5. The standard InChI is InChI=1S/C44H24N4OS/c1-5-17-33-25(11-1)30-23-31-26-12-2-6-18-34(26)48(44-45-32-16-10-21-39-41(32)42(46-44)29-14-3-7-20-38(29)49-39)37(31)24-36(30)47(33)35-19-9-15-28-27-13-4-8-22-40(27)50-43(28)35/h1-24H. The average Bonchev–Trinajstić information content (AvgIpc) is 3.81. The monoisotopic (exact) mass is 656 g/mol.